The van der Waals surface area contributed by atoms with Crippen molar-refractivity contribution in [2.45, 2.75) is 13.3 Å². The number of amides is 1. The van der Waals surface area contributed by atoms with E-state index in [1.807, 2.05) is 11.8 Å². The van der Waals surface area contributed by atoms with Gasteiger partial charge in [-0.05, 0) is 6.54 Å². The summed E-state index contributed by atoms with van der Waals surface area (Å²) in [7, 11) is 1.61. The first kappa shape index (κ1) is 10.9. The molecule has 1 amide bonds. The summed E-state index contributed by atoms with van der Waals surface area (Å²) in [6.45, 7) is 3.84. The third-order valence-corrected chi connectivity index (χ3v) is 1.68. The van der Waals surface area contributed by atoms with Gasteiger partial charge >= 0.3 is 0 Å². The molecule has 0 unspecified atom stereocenters. The summed E-state index contributed by atoms with van der Waals surface area (Å²) >= 11 is 0. The fraction of sp³-hybridized carbons (Fsp3) is 0.750. The molecule has 0 fully saturated rings. The van der Waals surface area contributed by atoms with Crippen LogP contribution < -0.4 is 5.32 Å². The molecule has 0 saturated heterocycles. The standard InChI is InChI=1S/C8H15N3O/c1-3-11(7-5-9)6-4-8(12)10-2/h3-4,6-7H2,1-2H3,(H,10,12). The SMILES string of the molecule is CCN(CC#N)CCC(=O)NC. The smallest absolute Gasteiger partial charge is 0.221 e. The molecule has 12 heavy (non-hydrogen) atoms. The maximum absolute atomic E-state index is 10.8. The maximum atomic E-state index is 10.8. The highest BCUT2D eigenvalue weighted by molar-refractivity contribution is 5.75. The molecule has 0 heterocycles. The Labute approximate surface area is 73.2 Å². The van der Waals surface area contributed by atoms with Gasteiger partial charge in [-0.3, -0.25) is 9.69 Å². The minimum Gasteiger partial charge on any atom is -0.359 e. The normalized spacial score (nSPS) is 9.50. The van der Waals surface area contributed by atoms with Crippen LogP contribution in [0.15, 0.2) is 0 Å². The Balaban J connectivity index is 3.59. The molecule has 0 bridgehead atoms. The van der Waals surface area contributed by atoms with Crippen molar-refractivity contribution in [1.82, 2.24) is 10.2 Å². The molecule has 0 aliphatic rings. The lowest BCUT2D eigenvalue weighted by Gasteiger charge is -2.15. The fourth-order valence-corrected chi connectivity index (χ4v) is 0.834. The largest absolute Gasteiger partial charge is 0.359 e. The number of hydrogen-bond donors (Lipinski definition) is 1. The Kier molecular flexibility index (Phi) is 6.02. The third kappa shape index (κ3) is 4.69. The van der Waals surface area contributed by atoms with E-state index < -0.39 is 0 Å². The van der Waals surface area contributed by atoms with Crippen molar-refractivity contribution in [2.75, 3.05) is 26.7 Å². The van der Waals surface area contributed by atoms with Crippen LogP contribution in [0.4, 0.5) is 0 Å². The first-order chi connectivity index (χ1) is 5.74. The van der Waals surface area contributed by atoms with E-state index in [1.54, 1.807) is 7.05 Å². The molecule has 0 aromatic carbocycles. The number of nitrogens with zero attached hydrogens (tertiary/aromatic N) is 2. The van der Waals surface area contributed by atoms with Crippen LogP contribution in [0.1, 0.15) is 13.3 Å². The van der Waals surface area contributed by atoms with E-state index in [0.717, 1.165) is 6.54 Å². The van der Waals surface area contributed by atoms with Crippen LogP contribution in [0, 0.1) is 11.3 Å². The molecule has 0 aliphatic heterocycles. The van der Waals surface area contributed by atoms with Gasteiger partial charge in [0.1, 0.15) is 0 Å². The van der Waals surface area contributed by atoms with Gasteiger partial charge in [-0.15, -0.1) is 0 Å². The topological polar surface area (TPSA) is 56.1 Å². The van der Waals surface area contributed by atoms with Gasteiger partial charge < -0.3 is 5.32 Å². The molecule has 4 nitrogen and oxygen atoms in total. The average Bonchev–Trinajstić information content (AvgIpc) is 2.11. The summed E-state index contributed by atoms with van der Waals surface area (Å²) in [5.41, 5.74) is 0. The van der Waals surface area contributed by atoms with Crippen molar-refractivity contribution < 1.29 is 4.79 Å². The van der Waals surface area contributed by atoms with E-state index in [4.69, 9.17) is 5.26 Å². The molecule has 0 aliphatic carbocycles. The molecule has 1 N–H and O–H groups in total. The van der Waals surface area contributed by atoms with E-state index >= 15 is 0 Å². The number of carbonyl (C=O) groups excluding carboxylic acids is 1. The molecule has 4 heteroatoms. The van der Waals surface area contributed by atoms with E-state index in [0.29, 0.717) is 19.5 Å². The maximum Gasteiger partial charge on any atom is 0.221 e. The molecule has 0 radical (unpaired) electrons. The van der Waals surface area contributed by atoms with Crippen LogP contribution in [-0.2, 0) is 4.79 Å². The Morgan fingerprint density at radius 2 is 2.33 bits per heavy atom. The Hall–Kier alpha value is -1.08. The van der Waals surface area contributed by atoms with Crippen LogP contribution in [0.5, 0.6) is 0 Å². The van der Waals surface area contributed by atoms with Gasteiger partial charge in [-0.1, -0.05) is 6.92 Å². The van der Waals surface area contributed by atoms with Gasteiger partial charge in [0.15, 0.2) is 0 Å². The minimum absolute atomic E-state index is 0.0198. The number of rotatable bonds is 5. The molecular weight excluding hydrogens is 154 g/mol. The van der Waals surface area contributed by atoms with Crippen molar-refractivity contribution in [3.8, 4) is 6.07 Å². The van der Waals surface area contributed by atoms with E-state index in [-0.39, 0.29) is 5.91 Å². The van der Waals surface area contributed by atoms with Gasteiger partial charge in [0.05, 0.1) is 12.6 Å². The number of carbonyl (C=O) groups is 1. The molecule has 68 valence electrons. The predicted molar refractivity (Wildman–Crippen MR) is 46.4 cm³/mol. The Morgan fingerprint density at radius 3 is 2.75 bits per heavy atom. The van der Waals surface area contributed by atoms with E-state index in [1.165, 1.54) is 0 Å². The molecule has 0 aromatic heterocycles. The summed E-state index contributed by atoms with van der Waals surface area (Å²) in [5, 5.41) is 10.9. The zero-order valence-corrected chi connectivity index (χ0v) is 7.63. The van der Waals surface area contributed by atoms with Crippen LogP contribution in [0.25, 0.3) is 0 Å². The Bertz CT molecular complexity index is 174. The zero-order chi connectivity index (χ0) is 9.40. The number of nitriles is 1. The lowest BCUT2D eigenvalue weighted by Crippen LogP contribution is -2.29. The van der Waals surface area contributed by atoms with Crippen LogP contribution in [-0.4, -0.2) is 37.5 Å². The average molecular weight is 169 g/mol. The lowest BCUT2D eigenvalue weighted by atomic mass is 10.3. The second-order valence-corrected chi connectivity index (χ2v) is 2.45. The highest BCUT2D eigenvalue weighted by Crippen LogP contribution is 1.89. The van der Waals surface area contributed by atoms with Crippen LogP contribution in [0.2, 0.25) is 0 Å². The third-order valence-electron chi connectivity index (χ3n) is 1.68. The molecule has 0 saturated carbocycles. The first-order valence-corrected chi connectivity index (χ1v) is 4.04. The molecule has 0 spiro atoms. The van der Waals surface area contributed by atoms with Crippen molar-refractivity contribution in [2.24, 2.45) is 0 Å². The van der Waals surface area contributed by atoms with Crippen molar-refractivity contribution in [3.63, 3.8) is 0 Å². The van der Waals surface area contributed by atoms with Gasteiger partial charge in [-0.25, -0.2) is 0 Å². The predicted octanol–water partition coefficient (Wildman–Crippen LogP) is -0.0320. The summed E-state index contributed by atoms with van der Waals surface area (Å²) in [5.74, 6) is 0.0198. The highest BCUT2D eigenvalue weighted by atomic mass is 16.1. The molecule has 0 aromatic rings. The van der Waals surface area contributed by atoms with E-state index in [9.17, 15) is 4.79 Å². The number of nitrogens with one attached hydrogen (secondary N) is 1. The van der Waals surface area contributed by atoms with Gasteiger partial charge in [0.2, 0.25) is 5.91 Å². The second-order valence-electron chi connectivity index (χ2n) is 2.45. The summed E-state index contributed by atoms with van der Waals surface area (Å²) in [4.78, 5) is 12.7. The van der Waals surface area contributed by atoms with Gasteiger partial charge in [0, 0.05) is 20.0 Å². The molecular formula is C8H15N3O. The monoisotopic (exact) mass is 169 g/mol. The number of hydrogen-bond acceptors (Lipinski definition) is 3. The first-order valence-electron chi connectivity index (χ1n) is 4.04. The van der Waals surface area contributed by atoms with Gasteiger partial charge in [0.25, 0.3) is 0 Å². The quantitative estimate of drug-likeness (QED) is 0.588. The molecule has 0 rings (SSSR count). The summed E-state index contributed by atoms with van der Waals surface area (Å²) < 4.78 is 0. The van der Waals surface area contributed by atoms with Crippen LogP contribution in [0.3, 0.4) is 0 Å². The van der Waals surface area contributed by atoms with Crippen molar-refractivity contribution in [1.29, 1.82) is 5.26 Å². The van der Waals surface area contributed by atoms with Crippen molar-refractivity contribution in [3.05, 3.63) is 0 Å². The highest BCUT2D eigenvalue weighted by Gasteiger charge is 2.03. The zero-order valence-electron chi connectivity index (χ0n) is 7.63. The van der Waals surface area contributed by atoms with E-state index in [2.05, 4.69) is 11.4 Å². The summed E-state index contributed by atoms with van der Waals surface area (Å²) in [6.07, 6.45) is 0.464. The van der Waals surface area contributed by atoms with Crippen molar-refractivity contribution >= 4 is 5.91 Å². The lowest BCUT2D eigenvalue weighted by molar-refractivity contribution is -0.120. The fourth-order valence-electron chi connectivity index (χ4n) is 0.834. The second kappa shape index (κ2) is 6.62. The van der Waals surface area contributed by atoms with Crippen LogP contribution >= 0.6 is 0 Å². The summed E-state index contributed by atoms with van der Waals surface area (Å²) in [6, 6.07) is 2.05. The van der Waals surface area contributed by atoms with Gasteiger partial charge in [-0.2, -0.15) is 5.26 Å². The minimum atomic E-state index is 0.0198. The molecule has 0 atom stereocenters. The Morgan fingerprint density at radius 1 is 1.67 bits per heavy atom.